The van der Waals surface area contributed by atoms with Crippen LogP contribution in [0.25, 0.3) is 0 Å². The summed E-state index contributed by atoms with van der Waals surface area (Å²) in [5.41, 5.74) is 5.29. The van der Waals surface area contributed by atoms with Crippen LogP contribution in [0, 0.1) is 5.92 Å². The topological polar surface area (TPSA) is 122 Å². The molecule has 0 heterocycles. The zero-order valence-corrected chi connectivity index (χ0v) is 12.3. The van der Waals surface area contributed by atoms with E-state index in [-0.39, 0.29) is 22.2 Å². The second-order valence-electron chi connectivity index (χ2n) is 4.72. The third-order valence-corrected chi connectivity index (χ3v) is 3.03. The second-order valence-corrected chi connectivity index (χ2v) is 5.13. The van der Waals surface area contributed by atoms with Crippen molar-refractivity contribution in [2.75, 3.05) is 5.32 Å². The number of hydrogen-bond donors (Lipinski definition) is 4. The molecule has 1 rings (SSSR count). The van der Waals surface area contributed by atoms with E-state index in [1.807, 2.05) is 0 Å². The van der Waals surface area contributed by atoms with Gasteiger partial charge in [-0.1, -0.05) is 25.4 Å². The number of nitrogens with one attached hydrogen (secondary N) is 2. The average molecular weight is 314 g/mol. The number of aromatic carboxylic acids is 1. The van der Waals surface area contributed by atoms with Crippen LogP contribution in [0.4, 0.5) is 10.5 Å². The fraction of sp³-hybridized carbons (Fsp3) is 0.308. The van der Waals surface area contributed by atoms with Gasteiger partial charge in [0.25, 0.3) is 0 Å². The van der Waals surface area contributed by atoms with Gasteiger partial charge in [-0.2, -0.15) is 0 Å². The van der Waals surface area contributed by atoms with Crippen molar-refractivity contribution in [3.63, 3.8) is 0 Å². The quantitative estimate of drug-likeness (QED) is 0.660. The number of nitrogens with two attached hydrogens (primary N) is 1. The molecule has 1 aromatic carbocycles. The zero-order chi connectivity index (χ0) is 16.2. The third-order valence-electron chi connectivity index (χ3n) is 2.72. The van der Waals surface area contributed by atoms with Gasteiger partial charge in [0.15, 0.2) is 0 Å². The normalized spacial score (nSPS) is 11.8. The van der Waals surface area contributed by atoms with Crippen molar-refractivity contribution in [3.05, 3.63) is 28.8 Å². The number of carboxylic acids is 1. The van der Waals surface area contributed by atoms with Crippen molar-refractivity contribution in [2.24, 2.45) is 11.7 Å². The van der Waals surface area contributed by atoms with E-state index in [4.69, 9.17) is 22.4 Å². The molecule has 8 heteroatoms. The lowest BCUT2D eigenvalue weighted by atomic mass is 10.0. The van der Waals surface area contributed by atoms with E-state index in [1.54, 1.807) is 13.8 Å². The number of benzene rings is 1. The Bertz CT molecular complexity index is 575. The molecule has 0 bridgehead atoms. The fourth-order valence-electron chi connectivity index (χ4n) is 1.65. The molecule has 5 N–H and O–H groups in total. The van der Waals surface area contributed by atoms with E-state index >= 15 is 0 Å². The van der Waals surface area contributed by atoms with Crippen molar-refractivity contribution in [3.8, 4) is 0 Å². The number of urea groups is 1. The molecule has 1 aromatic rings. The summed E-state index contributed by atoms with van der Waals surface area (Å²) in [7, 11) is 0. The predicted molar refractivity (Wildman–Crippen MR) is 78.4 cm³/mol. The highest BCUT2D eigenvalue weighted by Gasteiger charge is 2.24. The van der Waals surface area contributed by atoms with Gasteiger partial charge in [0.1, 0.15) is 6.04 Å². The molecule has 0 saturated heterocycles. The molecule has 114 valence electrons. The molecule has 0 spiro atoms. The third kappa shape index (κ3) is 4.64. The summed E-state index contributed by atoms with van der Waals surface area (Å²) in [6.45, 7) is 3.49. The Morgan fingerprint density at radius 2 is 1.90 bits per heavy atom. The van der Waals surface area contributed by atoms with Crippen LogP contribution < -0.4 is 16.4 Å². The largest absolute Gasteiger partial charge is 0.478 e. The molecule has 0 aliphatic carbocycles. The maximum absolute atomic E-state index is 12.1. The van der Waals surface area contributed by atoms with Gasteiger partial charge in [0.05, 0.1) is 16.3 Å². The number of carboxylic acid groups (broad SMARTS) is 1. The van der Waals surface area contributed by atoms with Gasteiger partial charge < -0.3 is 21.5 Å². The van der Waals surface area contributed by atoms with Crippen molar-refractivity contribution in [2.45, 2.75) is 19.9 Å². The smallest absolute Gasteiger partial charge is 0.335 e. The number of carbonyl (C=O) groups excluding carboxylic acids is 2. The lowest BCUT2D eigenvalue weighted by molar-refractivity contribution is -0.118. The van der Waals surface area contributed by atoms with E-state index < -0.39 is 23.9 Å². The first-order valence-electron chi connectivity index (χ1n) is 6.12. The Labute approximate surface area is 126 Å². The van der Waals surface area contributed by atoms with E-state index in [0.29, 0.717) is 0 Å². The molecule has 21 heavy (non-hydrogen) atoms. The highest BCUT2D eigenvalue weighted by atomic mass is 35.5. The highest BCUT2D eigenvalue weighted by molar-refractivity contribution is 6.34. The summed E-state index contributed by atoms with van der Waals surface area (Å²) in [6.07, 6.45) is 0. The molecule has 0 aliphatic rings. The van der Waals surface area contributed by atoms with Crippen LogP contribution in [-0.2, 0) is 4.79 Å². The molecule has 0 radical (unpaired) electrons. The SMILES string of the molecule is CC(C)C(NC(N)=O)C(=O)Nc1ccc(C(=O)O)cc1Cl. The minimum Gasteiger partial charge on any atom is -0.478 e. The molecule has 0 aliphatic heterocycles. The number of amides is 3. The van der Waals surface area contributed by atoms with Gasteiger partial charge in [0, 0.05) is 0 Å². The minimum atomic E-state index is -1.12. The van der Waals surface area contributed by atoms with Crippen molar-refractivity contribution >= 4 is 35.2 Å². The average Bonchev–Trinajstić information content (AvgIpc) is 2.37. The zero-order valence-electron chi connectivity index (χ0n) is 11.5. The summed E-state index contributed by atoms with van der Waals surface area (Å²) in [6, 6.07) is 2.29. The first-order valence-corrected chi connectivity index (χ1v) is 6.50. The Balaban J connectivity index is 2.91. The van der Waals surface area contributed by atoms with Gasteiger partial charge in [-0.05, 0) is 24.1 Å². The second kappa shape index (κ2) is 6.94. The number of primary amides is 1. The Kier molecular flexibility index (Phi) is 5.54. The molecular weight excluding hydrogens is 298 g/mol. The van der Waals surface area contributed by atoms with Gasteiger partial charge in [0.2, 0.25) is 5.91 Å². The fourth-order valence-corrected chi connectivity index (χ4v) is 1.88. The van der Waals surface area contributed by atoms with Crippen LogP contribution in [0.2, 0.25) is 5.02 Å². The van der Waals surface area contributed by atoms with E-state index in [0.717, 1.165) is 0 Å². The number of hydrogen-bond acceptors (Lipinski definition) is 3. The Hall–Kier alpha value is -2.28. The Morgan fingerprint density at radius 3 is 2.33 bits per heavy atom. The van der Waals surface area contributed by atoms with Gasteiger partial charge in [-0.15, -0.1) is 0 Å². The standard InChI is InChI=1S/C13H16ClN3O4/c1-6(2)10(17-13(15)21)11(18)16-9-4-3-7(12(19)20)5-8(9)14/h3-6,10H,1-2H3,(H,16,18)(H,19,20)(H3,15,17,21). The van der Waals surface area contributed by atoms with Crippen molar-refractivity contribution < 1.29 is 19.5 Å². The lowest BCUT2D eigenvalue weighted by Crippen LogP contribution is -2.49. The molecule has 7 nitrogen and oxygen atoms in total. The van der Waals surface area contributed by atoms with Crippen LogP contribution in [0.15, 0.2) is 18.2 Å². The van der Waals surface area contributed by atoms with E-state index in [1.165, 1.54) is 18.2 Å². The van der Waals surface area contributed by atoms with Crippen molar-refractivity contribution in [1.29, 1.82) is 0 Å². The van der Waals surface area contributed by atoms with Crippen LogP contribution >= 0.6 is 11.6 Å². The van der Waals surface area contributed by atoms with Gasteiger partial charge in [-0.3, -0.25) is 4.79 Å². The van der Waals surface area contributed by atoms with E-state index in [9.17, 15) is 14.4 Å². The summed E-state index contributed by atoms with van der Waals surface area (Å²) < 4.78 is 0. The maximum Gasteiger partial charge on any atom is 0.335 e. The van der Waals surface area contributed by atoms with Crippen LogP contribution in [-0.4, -0.2) is 29.1 Å². The molecule has 1 unspecified atom stereocenters. The summed E-state index contributed by atoms with van der Waals surface area (Å²) in [5.74, 6) is -1.80. The molecular formula is C13H16ClN3O4. The molecule has 3 amide bonds. The van der Waals surface area contributed by atoms with Gasteiger partial charge in [-0.25, -0.2) is 9.59 Å². The Morgan fingerprint density at radius 1 is 1.29 bits per heavy atom. The van der Waals surface area contributed by atoms with Gasteiger partial charge >= 0.3 is 12.0 Å². The molecule has 0 fully saturated rings. The number of carbonyl (C=O) groups is 3. The number of anilines is 1. The number of rotatable bonds is 5. The van der Waals surface area contributed by atoms with Crippen LogP contribution in [0.1, 0.15) is 24.2 Å². The molecule has 0 aromatic heterocycles. The van der Waals surface area contributed by atoms with Crippen LogP contribution in [0.5, 0.6) is 0 Å². The maximum atomic E-state index is 12.1. The predicted octanol–water partition coefficient (Wildman–Crippen LogP) is 1.67. The first kappa shape index (κ1) is 16.8. The van der Waals surface area contributed by atoms with Crippen molar-refractivity contribution in [1.82, 2.24) is 5.32 Å². The monoisotopic (exact) mass is 313 g/mol. The molecule has 1 atom stereocenters. The lowest BCUT2D eigenvalue weighted by Gasteiger charge is -2.21. The van der Waals surface area contributed by atoms with Crippen LogP contribution in [0.3, 0.4) is 0 Å². The van der Waals surface area contributed by atoms with E-state index in [2.05, 4.69) is 10.6 Å². The highest BCUT2D eigenvalue weighted by Crippen LogP contribution is 2.23. The number of halogens is 1. The summed E-state index contributed by atoms with van der Waals surface area (Å²) in [5, 5.41) is 13.8. The summed E-state index contributed by atoms with van der Waals surface area (Å²) >= 11 is 5.92. The molecule has 0 saturated carbocycles. The minimum absolute atomic E-state index is 0.00803. The first-order chi connectivity index (χ1) is 9.72. The summed E-state index contributed by atoms with van der Waals surface area (Å²) in [4.78, 5) is 33.8.